The SMILES string of the molecule is C=C(CC(=O)OC)c1ccc(F)cc1. The highest BCUT2D eigenvalue weighted by molar-refractivity contribution is 5.84. The molecule has 0 aliphatic heterocycles. The number of carbonyl (C=O) groups is 1. The number of benzene rings is 1. The second-order valence-corrected chi connectivity index (χ2v) is 2.86. The van der Waals surface area contributed by atoms with E-state index in [1.54, 1.807) is 12.1 Å². The van der Waals surface area contributed by atoms with Gasteiger partial charge in [0.15, 0.2) is 0 Å². The number of esters is 1. The summed E-state index contributed by atoms with van der Waals surface area (Å²) in [5.41, 5.74) is 1.37. The number of carbonyl (C=O) groups excluding carboxylic acids is 1. The van der Waals surface area contributed by atoms with Crippen LogP contribution >= 0.6 is 0 Å². The maximum atomic E-state index is 12.6. The summed E-state index contributed by atoms with van der Waals surface area (Å²) in [4.78, 5) is 10.9. The zero-order chi connectivity index (χ0) is 10.6. The molecule has 0 N–H and O–H groups in total. The van der Waals surface area contributed by atoms with Crippen molar-refractivity contribution < 1.29 is 13.9 Å². The minimum atomic E-state index is -0.348. The Bertz CT molecular complexity index is 341. The Balaban J connectivity index is 2.70. The van der Waals surface area contributed by atoms with Gasteiger partial charge in [0.2, 0.25) is 0 Å². The molecule has 1 rings (SSSR count). The Kier molecular flexibility index (Phi) is 3.40. The maximum Gasteiger partial charge on any atom is 0.309 e. The van der Waals surface area contributed by atoms with Crippen LogP contribution in [0.3, 0.4) is 0 Å². The highest BCUT2D eigenvalue weighted by Gasteiger charge is 2.05. The Morgan fingerprint density at radius 2 is 2.00 bits per heavy atom. The minimum absolute atomic E-state index is 0.127. The van der Waals surface area contributed by atoms with Crippen LogP contribution in [0, 0.1) is 5.82 Å². The molecule has 0 radical (unpaired) electrons. The summed E-state index contributed by atoms with van der Waals surface area (Å²) in [5, 5.41) is 0. The van der Waals surface area contributed by atoms with Crippen LogP contribution in [0.2, 0.25) is 0 Å². The smallest absolute Gasteiger partial charge is 0.309 e. The molecule has 0 spiro atoms. The van der Waals surface area contributed by atoms with E-state index in [1.165, 1.54) is 19.2 Å². The van der Waals surface area contributed by atoms with Crippen LogP contribution in [0.25, 0.3) is 5.57 Å². The van der Waals surface area contributed by atoms with Crippen molar-refractivity contribution in [3.63, 3.8) is 0 Å². The third kappa shape index (κ3) is 2.69. The van der Waals surface area contributed by atoms with E-state index < -0.39 is 0 Å². The first-order valence-corrected chi connectivity index (χ1v) is 4.14. The lowest BCUT2D eigenvalue weighted by Gasteiger charge is -2.03. The molecule has 0 atom stereocenters. The molecule has 0 heterocycles. The molecular formula is C11H11FO2. The first kappa shape index (κ1) is 10.4. The molecular weight excluding hydrogens is 183 g/mol. The maximum absolute atomic E-state index is 12.6. The van der Waals surface area contributed by atoms with E-state index in [2.05, 4.69) is 11.3 Å². The molecule has 0 aliphatic rings. The highest BCUT2D eigenvalue weighted by Crippen LogP contribution is 2.16. The molecule has 0 aliphatic carbocycles. The second-order valence-electron chi connectivity index (χ2n) is 2.86. The molecule has 0 unspecified atom stereocenters. The van der Waals surface area contributed by atoms with E-state index in [0.717, 1.165) is 5.56 Å². The first-order chi connectivity index (χ1) is 6.63. The van der Waals surface area contributed by atoms with E-state index in [1.807, 2.05) is 0 Å². The van der Waals surface area contributed by atoms with Gasteiger partial charge in [-0.1, -0.05) is 18.7 Å². The zero-order valence-corrected chi connectivity index (χ0v) is 7.92. The standard InChI is InChI=1S/C11H11FO2/c1-8(7-11(13)14-2)9-3-5-10(12)6-4-9/h3-6H,1,7H2,2H3. The van der Waals surface area contributed by atoms with Gasteiger partial charge in [0.1, 0.15) is 5.82 Å². The fourth-order valence-corrected chi connectivity index (χ4v) is 1.03. The number of rotatable bonds is 3. The van der Waals surface area contributed by atoms with Gasteiger partial charge in [-0.15, -0.1) is 0 Å². The van der Waals surface area contributed by atoms with E-state index in [-0.39, 0.29) is 18.2 Å². The van der Waals surface area contributed by atoms with Crippen LogP contribution in [0.4, 0.5) is 4.39 Å². The molecule has 1 aromatic rings. The monoisotopic (exact) mass is 194 g/mol. The van der Waals surface area contributed by atoms with Crippen molar-refractivity contribution in [2.45, 2.75) is 6.42 Å². The van der Waals surface area contributed by atoms with Crippen molar-refractivity contribution in [2.24, 2.45) is 0 Å². The summed E-state index contributed by atoms with van der Waals surface area (Å²) in [6.45, 7) is 3.72. The van der Waals surface area contributed by atoms with Gasteiger partial charge in [0.05, 0.1) is 13.5 Å². The van der Waals surface area contributed by atoms with Crippen molar-refractivity contribution in [2.75, 3.05) is 7.11 Å². The summed E-state index contributed by atoms with van der Waals surface area (Å²) in [7, 11) is 1.32. The summed E-state index contributed by atoms with van der Waals surface area (Å²) in [6.07, 6.45) is 0.127. The largest absolute Gasteiger partial charge is 0.469 e. The fraction of sp³-hybridized carbons (Fsp3) is 0.182. The summed E-state index contributed by atoms with van der Waals surface area (Å²) in [6, 6.07) is 5.83. The lowest BCUT2D eigenvalue weighted by molar-refractivity contribution is -0.139. The number of halogens is 1. The molecule has 0 saturated carbocycles. The van der Waals surface area contributed by atoms with Gasteiger partial charge in [0.25, 0.3) is 0 Å². The minimum Gasteiger partial charge on any atom is -0.469 e. The van der Waals surface area contributed by atoms with Gasteiger partial charge >= 0.3 is 5.97 Å². The van der Waals surface area contributed by atoms with Crippen LogP contribution in [-0.4, -0.2) is 13.1 Å². The van der Waals surface area contributed by atoms with Gasteiger partial charge < -0.3 is 4.74 Å². The summed E-state index contributed by atoms with van der Waals surface area (Å²) >= 11 is 0. The number of hydrogen-bond acceptors (Lipinski definition) is 2. The van der Waals surface area contributed by atoms with Crippen LogP contribution in [0.15, 0.2) is 30.8 Å². The third-order valence-electron chi connectivity index (χ3n) is 1.84. The average molecular weight is 194 g/mol. The normalized spacial score (nSPS) is 9.57. The highest BCUT2D eigenvalue weighted by atomic mass is 19.1. The molecule has 1 aromatic carbocycles. The van der Waals surface area contributed by atoms with Crippen LogP contribution < -0.4 is 0 Å². The molecule has 3 heteroatoms. The van der Waals surface area contributed by atoms with Crippen molar-refractivity contribution in [1.29, 1.82) is 0 Å². The van der Waals surface area contributed by atoms with Gasteiger partial charge in [0, 0.05) is 0 Å². The molecule has 2 nitrogen and oxygen atoms in total. The Morgan fingerprint density at radius 3 is 2.50 bits per heavy atom. The lowest BCUT2D eigenvalue weighted by atomic mass is 10.1. The quantitative estimate of drug-likeness (QED) is 0.690. The first-order valence-electron chi connectivity index (χ1n) is 4.14. The van der Waals surface area contributed by atoms with Crippen molar-refractivity contribution in [1.82, 2.24) is 0 Å². The number of hydrogen-bond donors (Lipinski definition) is 0. The molecule has 0 bridgehead atoms. The van der Waals surface area contributed by atoms with Crippen molar-refractivity contribution >= 4 is 11.5 Å². The van der Waals surface area contributed by atoms with E-state index in [4.69, 9.17) is 0 Å². The molecule has 0 aromatic heterocycles. The van der Waals surface area contributed by atoms with E-state index in [0.29, 0.717) is 5.57 Å². The number of ether oxygens (including phenoxy) is 1. The predicted octanol–water partition coefficient (Wildman–Crippen LogP) is 2.40. The molecule has 0 amide bonds. The molecule has 0 saturated heterocycles. The zero-order valence-electron chi connectivity index (χ0n) is 7.92. The number of methoxy groups -OCH3 is 1. The summed E-state index contributed by atoms with van der Waals surface area (Å²) in [5.74, 6) is -0.654. The predicted molar refractivity (Wildman–Crippen MR) is 52.1 cm³/mol. The fourth-order valence-electron chi connectivity index (χ4n) is 1.03. The van der Waals surface area contributed by atoms with Crippen molar-refractivity contribution in [3.05, 3.63) is 42.2 Å². The Morgan fingerprint density at radius 1 is 1.43 bits per heavy atom. The Labute approximate surface area is 82.0 Å². The van der Waals surface area contributed by atoms with Gasteiger partial charge in [-0.2, -0.15) is 0 Å². The summed E-state index contributed by atoms with van der Waals surface area (Å²) < 4.78 is 17.0. The molecule has 74 valence electrons. The van der Waals surface area contributed by atoms with E-state index >= 15 is 0 Å². The van der Waals surface area contributed by atoms with Crippen LogP contribution in [-0.2, 0) is 9.53 Å². The van der Waals surface area contributed by atoms with E-state index in [9.17, 15) is 9.18 Å². The van der Waals surface area contributed by atoms with Gasteiger partial charge in [-0.05, 0) is 23.3 Å². The second kappa shape index (κ2) is 4.56. The van der Waals surface area contributed by atoms with Crippen molar-refractivity contribution in [3.8, 4) is 0 Å². The topological polar surface area (TPSA) is 26.3 Å². The molecule has 0 fully saturated rings. The lowest BCUT2D eigenvalue weighted by Crippen LogP contribution is -2.00. The molecule has 14 heavy (non-hydrogen) atoms. The van der Waals surface area contributed by atoms with Crippen LogP contribution in [0.1, 0.15) is 12.0 Å². The van der Waals surface area contributed by atoms with Gasteiger partial charge in [-0.25, -0.2) is 4.39 Å². The van der Waals surface area contributed by atoms with Crippen LogP contribution in [0.5, 0.6) is 0 Å². The third-order valence-corrected chi connectivity index (χ3v) is 1.84. The van der Waals surface area contributed by atoms with Gasteiger partial charge in [-0.3, -0.25) is 4.79 Å². The Hall–Kier alpha value is -1.64. The average Bonchev–Trinajstić information content (AvgIpc) is 2.18.